The van der Waals surface area contributed by atoms with Crippen molar-refractivity contribution in [1.29, 1.82) is 0 Å². The molecule has 1 aliphatic rings. The number of hydrogen-bond donors (Lipinski definition) is 2. The van der Waals surface area contributed by atoms with Gasteiger partial charge in [-0.1, -0.05) is 27.2 Å². The molecule has 1 rings (SSSR count). The number of aliphatic carboxylic acids is 1. The summed E-state index contributed by atoms with van der Waals surface area (Å²) in [7, 11) is 0. The Labute approximate surface area is 121 Å². The van der Waals surface area contributed by atoms with Crippen LogP contribution >= 0.6 is 0 Å². The van der Waals surface area contributed by atoms with Crippen LogP contribution in [0.5, 0.6) is 0 Å². The smallest absolute Gasteiger partial charge is 0.329 e. The van der Waals surface area contributed by atoms with Crippen molar-refractivity contribution in [1.82, 2.24) is 10.2 Å². The van der Waals surface area contributed by atoms with Crippen LogP contribution in [0.4, 0.5) is 4.79 Å². The Bertz CT molecular complexity index is 357. The van der Waals surface area contributed by atoms with Crippen molar-refractivity contribution in [2.75, 3.05) is 6.54 Å². The molecule has 20 heavy (non-hydrogen) atoms. The van der Waals surface area contributed by atoms with Crippen LogP contribution in [0.1, 0.15) is 59.8 Å². The quantitative estimate of drug-likeness (QED) is 0.788. The zero-order chi connectivity index (χ0) is 15.3. The summed E-state index contributed by atoms with van der Waals surface area (Å²) in [5.41, 5.74) is -1.00. The van der Waals surface area contributed by atoms with Crippen LogP contribution in [0, 0.1) is 5.92 Å². The van der Waals surface area contributed by atoms with Gasteiger partial charge in [0, 0.05) is 12.6 Å². The molecule has 0 radical (unpaired) electrons. The van der Waals surface area contributed by atoms with Gasteiger partial charge in [0.25, 0.3) is 0 Å². The summed E-state index contributed by atoms with van der Waals surface area (Å²) in [4.78, 5) is 25.6. The summed E-state index contributed by atoms with van der Waals surface area (Å²) in [6, 6.07) is -0.164. The fraction of sp³-hybridized carbons (Fsp3) is 0.867. The first-order chi connectivity index (χ1) is 9.33. The monoisotopic (exact) mass is 284 g/mol. The maximum atomic E-state index is 12.4. The molecule has 0 saturated carbocycles. The molecule has 1 fully saturated rings. The Hall–Kier alpha value is -1.26. The minimum Gasteiger partial charge on any atom is -0.479 e. The number of amides is 2. The molecule has 1 heterocycles. The van der Waals surface area contributed by atoms with Gasteiger partial charge >= 0.3 is 12.0 Å². The molecule has 1 saturated heterocycles. The number of carboxylic acid groups (broad SMARTS) is 1. The number of rotatable bonds is 6. The number of carboxylic acids is 1. The standard InChI is InChI=1S/C15H28N2O3/c1-5-7-15(13(18)19)8-6-9-17(15)14(20)16-12(4)10-11(2)3/h11-12H,5-10H2,1-4H3,(H,16,20)(H,18,19). The van der Waals surface area contributed by atoms with E-state index in [1.165, 1.54) is 4.90 Å². The summed E-state index contributed by atoms with van der Waals surface area (Å²) in [5.74, 6) is -0.368. The first-order valence-electron chi connectivity index (χ1n) is 7.65. The predicted molar refractivity (Wildman–Crippen MR) is 78.7 cm³/mol. The summed E-state index contributed by atoms with van der Waals surface area (Å²) >= 11 is 0. The van der Waals surface area contributed by atoms with Crippen molar-refractivity contribution >= 4 is 12.0 Å². The number of likely N-dealkylation sites (tertiary alicyclic amines) is 1. The summed E-state index contributed by atoms with van der Waals surface area (Å²) in [5, 5.41) is 12.5. The number of carbonyl (C=O) groups is 2. The first kappa shape index (κ1) is 16.8. The molecule has 0 aliphatic carbocycles. The van der Waals surface area contributed by atoms with Gasteiger partial charge in [-0.05, 0) is 38.5 Å². The predicted octanol–water partition coefficient (Wildman–Crippen LogP) is 2.85. The van der Waals surface area contributed by atoms with Crippen LogP contribution in [0.25, 0.3) is 0 Å². The van der Waals surface area contributed by atoms with Crippen molar-refractivity contribution in [2.24, 2.45) is 5.92 Å². The molecule has 2 N–H and O–H groups in total. The molecule has 5 heteroatoms. The third-order valence-electron chi connectivity index (χ3n) is 3.99. The lowest BCUT2D eigenvalue weighted by Gasteiger charge is -2.35. The van der Waals surface area contributed by atoms with Gasteiger partial charge in [0.15, 0.2) is 0 Å². The minimum atomic E-state index is -1.00. The van der Waals surface area contributed by atoms with E-state index in [9.17, 15) is 14.7 Å². The molecule has 0 aromatic heterocycles. The van der Waals surface area contributed by atoms with Crippen LogP contribution in [-0.2, 0) is 4.79 Å². The van der Waals surface area contributed by atoms with Crippen LogP contribution in [0.2, 0.25) is 0 Å². The van der Waals surface area contributed by atoms with Crippen LogP contribution in [0.15, 0.2) is 0 Å². The number of nitrogens with zero attached hydrogens (tertiary/aromatic N) is 1. The van der Waals surface area contributed by atoms with Crippen LogP contribution < -0.4 is 5.32 Å². The van der Waals surface area contributed by atoms with E-state index in [4.69, 9.17) is 0 Å². The maximum absolute atomic E-state index is 12.4. The van der Waals surface area contributed by atoms with Crippen molar-refractivity contribution in [3.05, 3.63) is 0 Å². The molecule has 2 atom stereocenters. The van der Waals surface area contributed by atoms with Crippen molar-refractivity contribution in [2.45, 2.75) is 71.4 Å². The third kappa shape index (κ3) is 3.64. The van der Waals surface area contributed by atoms with E-state index in [-0.39, 0.29) is 12.1 Å². The number of urea groups is 1. The van der Waals surface area contributed by atoms with Gasteiger partial charge in [0.05, 0.1) is 0 Å². The zero-order valence-electron chi connectivity index (χ0n) is 13.1. The van der Waals surface area contributed by atoms with Crippen molar-refractivity contribution < 1.29 is 14.7 Å². The van der Waals surface area contributed by atoms with Gasteiger partial charge in [-0.15, -0.1) is 0 Å². The highest BCUT2D eigenvalue weighted by Crippen LogP contribution is 2.34. The second kappa shape index (κ2) is 6.95. The Morgan fingerprint density at radius 2 is 2.00 bits per heavy atom. The average molecular weight is 284 g/mol. The Morgan fingerprint density at radius 1 is 1.35 bits per heavy atom. The van der Waals surface area contributed by atoms with E-state index in [0.717, 1.165) is 19.3 Å². The minimum absolute atomic E-state index is 0.0659. The van der Waals surface area contributed by atoms with E-state index in [1.807, 2.05) is 13.8 Å². The van der Waals surface area contributed by atoms with E-state index < -0.39 is 11.5 Å². The fourth-order valence-electron chi connectivity index (χ4n) is 3.23. The summed E-state index contributed by atoms with van der Waals surface area (Å²) in [6.07, 6.45) is 3.50. The van der Waals surface area contributed by atoms with Gasteiger partial charge < -0.3 is 15.3 Å². The topological polar surface area (TPSA) is 69.6 Å². The van der Waals surface area contributed by atoms with Gasteiger partial charge in [0.1, 0.15) is 5.54 Å². The molecule has 0 spiro atoms. The highest BCUT2D eigenvalue weighted by Gasteiger charge is 2.49. The third-order valence-corrected chi connectivity index (χ3v) is 3.99. The molecule has 2 unspecified atom stereocenters. The largest absolute Gasteiger partial charge is 0.479 e. The number of carbonyl (C=O) groups excluding carboxylic acids is 1. The Balaban J connectivity index is 2.77. The van der Waals surface area contributed by atoms with Gasteiger partial charge in [-0.2, -0.15) is 0 Å². The molecule has 2 amide bonds. The molecular formula is C15H28N2O3. The van der Waals surface area contributed by atoms with Gasteiger partial charge in [-0.25, -0.2) is 9.59 Å². The van der Waals surface area contributed by atoms with Crippen LogP contribution in [0.3, 0.4) is 0 Å². The molecule has 5 nitrogen and oxygen atoms in total. The van der Waals surface area contributed by atoms with Gasteiger partial charge in [0.2, 0.25) is 0 Å². The van der Waals surface area contributed by atoms with E-state index in [0.29, 0.717) is 25.3 Å². The van der Waals surface area contributed by atoms with Crippen LogP contribution in [-0.4, -0.2) is 40.1 Å². The lowest BCUT2D eigenvalue weighted by Crippen LogP contribution is -2.57. The normalized spacial score (nSPS) is 23.9. The van der Waals surface area contributed by atoms with Gasteiger partial charge in [-0.3, -0.25) is 0 Å². The highest BCUT2D eigenvalue weighted by molar-refractivity contribution is 5.87. The summed E-state index contributed by atoms with van der Waals surface area (Å²) in [6.45, 7) is 8.68. The number of nitrogens with one attached hydrogen (secondary N) is 1. The van der Waals surface area contributed by atoms with Crippen molar-refractivity contribution in [3.63, 3.8) is 0 Å². The molecule has 116 valence electrons. The fourth-order valence-corrected chi connectivity index (χ4v) is 3.23. The van der Waals surface area contributed by atoms with E-state index in [2.05, 4.69) is 19.2 Å². The molecule has 1 aliphatic heterocycles. The molecule has 0 aromatic carbocycles. The molecular weight excluding hydrogens is 256 g/mol. The first-order valence-corrected chi connectivity index (χ1v) is 7.65. The molecule has 0 bridgehead atoms. The average Bonchev–Trinajstić information content (AvgIpc) is 2.73. The zero-order valence-corrected chi connectivity index (χ0v) is 13.1. The highest BCUT2D eigenvalue weighted by atomic mass is 16.4. The number of hydrogen-bond acceptors (Lipinski definition) is 2. The molecule has 0 aromatic rings. The lowest BCUT2D eigenvalue weighted by atomic mass is 9.91. The van der Waals surface area contributed by atoms with E-state index in [1.54, 1.807) is 0 Å². The van der Waals surface area contributed by atoms with E-state index >= 15 is 0 Å². The second-order valence-corrected chi connectivity index (χ2v) is 6.32. The lowest BCUT2D eigenvalue weighted by molar-refractivity contribution is -0.148. The van der Waals surface area contributed by atoms with Crippen molar-refractivity contribution in [3.8, 4) is 0 Å². The Kier molecular flexibility index (Phi) is 5.84. The second-order valence-electron chi connectivity index (χ2n) is 6.32. The SMILES string of the molecule is CCCC1(C(=O)O)CCCN1C(=O)NC(C)CC(C)C. The summed E-state index contributed by atoms with van der Waals surface area (Å²) < 4.78 is 0. The maximum Gasteiger partial charge on any atom is 0.329 e. The Morgan fingerprint density at radius 3 is 2.50 bits per heavy atom.